The highest BCUT2D eigenvalue weighted by Crippen LogP contribution is 2.15. The number of hydrogen-bond acceptors (Lipinski definition) is 2. The zero-order valence-electron chi connectivity index (χ0n) is 14.1. The maximum Gasteiger partial charge on any atom is 0.220 e. The van der Waals surface area contributed by atoms with Crippen molar-refractivity contribution in [1.82, 2.24) is 10.2 Å². The summed E-state index contributed by atoms with van der Waals surface area (Å²) in [7, 11) is 2.17. The van der Waals surface area contributed by atoms with Crippen LogP contribution in [0.25, 0.3) is 0 Å². The van der Waals surface area contributed by atoms with E-state index in [1.165, 1.54) is 24.9 Å². The molecule has 0 saturated carbocycles. The van der Waals surface area contributed by atoms with Crippen LogP contribution in [0.5, 0.6) is 0 Å². The van der Waals surface area contributed by atoms with Crippen LogP contribution in [0.4, 0.5) is 0 Å². The fourth-order valence-electron chi connectivity index (χ4n) is 3.25. The number of carbonyl (C=O) groups is 1. The molecule has 1 aliphatic heterocycles. The van der Waals surface area contributed by atoms with Gasteiger partial charge in [0.15, 0.2) is 0 Å². The largest absolute Gasteiger partial charge is 0.356 e. The van der Waals surface area contributed by atoms with Gasteiger partial charge in [0.1, 0.15) is 0 Å². The van der Waals surface area contributed by atoms with E-state index < -0.39 is 0 Å². The Kier molecular flexibility index (Phi) is 6.91. The standard InChI is InChI=1S/C19H30N2O/c1-16(10-11-17-7-4-3-5-8-17)13-19(22)20-14-18-9-6-12-21(2)15-18/h3-5,7-8,16,18H,6,9-15H2,1-2H3,(H,20,22). The van der Waals surface area contributed by atoms with Gasteiger partial charge in [0.05, 0.1) is 0 Å². The Bertz CT molecular complexity index is 446. The molecule has 122 valence electrons. The quantitative estimate of drug-likeness (QED) is 0.839. The zero-order valence-corrected chi connectivity index (χ0v) is 14.1. The van der Waals surface area contributed by atoms with Crippen molar-refractivity contribution in [3.05, 3.63) is 35.9 Å². The smallest absolute Gasteiger partial charge is 0.220 e. The van der Waals surface area contributed by atoms with Crippen LogP contribution in [-0.4, -0.2) is 37.5 Å². The van der Waals surface area contributed by atoms with E-state index in [2.05, 4.69) is 48.5 Å². The van der Waals surface area contributed by atoms with Gasteiger partial charge in [0, 0.05) is 19.5 Å². The van der Waals surface area contributed by atoms with Crippen molar-refractivity contribution >= 4 is 5.91 Å². The second-order valence-corrected chi connectivity index (χ2v) is 6.91. The third kappa shape index (κ3) is 6.18. The number of nitrogens with one attached hydrogen (secondary N) is 1. The van der Waals surface area contributed by atoms with Crippen LogP contribution in [0.15, 0.2) is 30.3 Å². The molecular weight excluding hydrogens is 272 g/mol. The molecule has 2 rings (SSSR count). The molecule has 0 radical (unpaired) electrons. The molecule has 0 spiro atoms. The molecular formula is C19H30N2O. The lowest BCUT2D eigenvalue weighted by Crippen LogP contribution is -2.39. The third-order valence-corrected chi connectivity index (χ3v) is 4.61. The molecule has 1 aliphatic rings. The number of nitrogens with zero attached hydrogens (tertiary/aromatic N) is 1. The van der Waals surface area contributed by atoms with Crippen molar-refractivity contribution in [2.45, 2.75) is 39.0 Å². The maximum absolute atomic E-state index is 12.1. The predicted molar refractivity (Wildman–Crippen MR) is 91.8 cm³/mol. The molecule has 2 atom stereocenters. The monoisotopic (exact) mass is 302 g/mol. The van der Waals surface area contributed by atoms with Gasteiger partial charge in [-0.1, -0.05) is 37.3 Å². The number of carbonyl (C=O) groups excluding carboxylic acids is 1. The van der Waals surface area contributed by atoms with Crippen molar-refractivity contribution in [3.8, 4) is 0 Å². The van der Waals surface area contributed by atoms with Crippen molar-refractivity contribution < 1.29 is 4.79 Å². The average molecular weight is 302 g/mol. The summed E-state index contributed by atoms with van der Waals surface area (Å²) in [6.07, 6.45) is 5.28. The fraction of sp³-hybridized carbons (Fsp3) is 0.632. The Morgan fingerprint density at radius 3 is 2.86 bits per heavy atom. The molecule has 0 aromatic heterocycles. The molecule has 1 fully saturated rings. The Morgan fingerprint density at radius 1 is 1.36 bits per heavy atom. The molecule has 2 unspecified atom stereocenters. The molecule has 1 aromatic carbocycles. The number of rotatable bonds is 7. The molecule has 0 aliphatic carbocycles. The van der Waals surface area contributed by atoms with Crippen molar-refractivity contribution in [2.24, 2.45) is 11.8 Å². The van der Waals surface area contributed by atoms with Crippen molar-refractivity contribution in [3.63, 3.8) is 0 Å². The van der Waals surface area contributed by atoms with Gasteiger partial charge in [0.25, 0.3) is 0 Å². The molecule has 22 heavy (non-hydrogen) atoms. The first-order valence-electron chi connectivity index (χ1n) is 8.62. The molecule has 1 N–H and O–H groups in total. The first kappa shape index (κ1) is 17.0. The van der Waals surface area contributed by atoms with Crippen molar-refractivity contribution in [1.29, 1.82) is 0 Å². The van der Waals surface area contributed by atoms with Gasteiger partial charge in [-0.25, -0.2) is 0 Å². The summed E-state index contributed by atoms with van der Waals surface area (Å²) >= 11 is 0. The van der Waals surface area contributed by atoms with E-state index in [1.54, 1.807) is 0 Å². The highest BCUT2D eigenvalue weighted by Gasteiger charge is 2.18. The summed E-state index contributed by atoms with van der Waals surface area (Å²) in [5.74, 6) is 1.28. The minimum atomic E-state index is 0.216. The van der Waals surface area contributed by atoms with Gasteiger partial charge < -0.3 is 10.2 Å². The van der Waals surface area contributed by atoms with Crippen LogP contribution in [0.1, 0.15) is 38.2 Å². The maximum atomic E-state index is 12.1. The minimum Gasteiger partial charge on any atom is -0.356 e. The molecule has 1 aromatic rings. The van der Waals surface area contributed by atoms with Crippen LogP contribution >= 0.6 is 0 Å². The lowest BCUT2D eigenvalue weighted by Gasteiger charge is -2.29. The molecule has 1 amide bonds. The first-order valence-corrected chi connectivity index (χ1v) is 8.62. The summed E-state index contributed by atoms with van der Waals surface area (Å²) in [5, 5.41) is 3.14. The average Bonchev–Trinajstić information content (AvgIpc) is 2.52. The van der Waals surface area contributed by atoms with E-state index in [4.69, 9.17) is 0 Å². The van der Waals surface area contributed by atoms with Gasteiger partial charge >= 0.3 is 0 Å². The van der Waals surface area contributed by atoms with Gasteiger partial charge in [-0.3, -0.25) is 4.79 Å². The SMILES string of the molecule is CC(CCc1ccccc1)CC(=O)NCC1CCCN(C)C1. The molecule has 0 bridgehead atoms. The first-order chi connectivity index (χ1) is 10.6. The molecule has 3 heteroatoms. The molecule has 3 nitrogen and oxygen atoms in total. The van der Waals surface area contributed by atoms with E-state index >= 15 is 0 Å². The van der Waals surface area contributed by atoms with Crippen LogP contribution in [-0.2, 0) is 11.2 Å². The number of benzene rings is 1. The van der Waals surface area contributed by atoms with Crippen molar-refractivity contribution in [2.75, 3.05) is 26.7 Å². The lowest BCUT2D eigenvalue weighted by atomic mass is 9.97. The number of likely N-dealkylation sites (tertiary alicyclic amines) is 1. The number of aryl methyl sites for hydroxylation is 1. The van der Waals surface area contributed by atoms with Crippen LogP contribution in [0.3, 0.4) is 0 Å². The minimum absolute atomic E-state index is 0.216. The molecule has 1 saturated heterocycles. The Morgan fingerprint density at radius 2 is 2.14 bits per heavy atom. The topological polar surface area (TPSA) is 32.3 Å². The summed E-state index contributed by atoms with van der Waals surface area (Å²) in [5.41, 5.74) is 1.36. The van der Waals surface area contributed by atoms with Gasteiger partial charge in [0.2, 0.25) is 5.91 Å². The normalized spacial score (nSPS) is 20.5. The third-order valence-electron chi connectivity index (χ3n) is 4.61. The van der Waals surface area contributed by atoms with Gasteiger partial charge in [-0.2, -0.15) is 0 Å². The van der Waals surface area contributed by atoms with Crippen LogP contribution < -0.4 is 5.32 Å². The number of amides is 1. The van der Waals surface area contributed by atoms with E-state index in [0.717, 1.165) is 25.9 Å². The summed E-state index contributed by atoms with van der Waals surface area (Å²) in [4.78, 5) is 14.4. The Hall–Kier alpha value is -1.35. The molecule has 1 heterocycles. The van der Waals surface area contributed by atoms with Crippen LogP contribution in [0, 0.1) is 11.8 Å². The second-order valence-electron chi connectivity index (χ2n) is 6.91. The number of piperidine rings is 1. The van der Waals surface area contributed by atoms with Crippen LogP contribution in [0.2, 0.25) is 0 Å². The van der Waals surface area contributed by atoms with E-state index in [9.17, 15) is 4.79 Å². The van der Waals surface area contributed by atoms with Gasteiger partial charge in [-0.15, -0.1) is 0 Å². The summed E-state index contributed by atoms with van der Waals surface area (Å²) in [6.45, 7) is 5.33. The Balaban J connectivity index is 1.61. The lowest BCUT2D eigenvalue weighted by molar-refractivity contribution is -0.122. The predicted octanol–water partition coefficient (Wildman–Crippen LogP) is 3.10. The van der Waals surface area contributed by atoms with E-state index in [0.29, 0.717) is 18.3 Å². The Labute approximate surface area is 135 Å². The number of hydrogen-bond donors (Lipinski definition) is 1. The summed E-state index contributed by atoms with van der Waals surface area (Å²) < 4.78 is 0. The van der Waals surface area contributed by atoms with E-state index in [1.807, 2.05) is 6.07 Å². The highest BCUT2D eigenvalue weighted by atomic mass is 16.1. The van der Waals surface area contributed by atoms with Gasteiger partial charge in [-0.05, 0) is 56.7 Å². The highest BCUT2D eigenvalue weighted by molar-refractivity contribution is 5.76. The summed E-state index contributed by atoms with van der Waals surface area (Å²) in [6, 6.07) is 10.5. The second kappa shape index (κ2) is 8.94. The fourth-order valence-corrected chi connectivity index (χ4v) is 3.25. The van der Waals surface area contributed by atoms with E-state index in [-0.39, 0.29) is 5.91 Å². The zero-order chi connectivity index (χ0) is 15.8.